The van der Waals surface area contributed by atoms with E-state index in [2.05, 4.69) is 10.6 Å². The van der Waals surface area contributed by atoms with Crippen LogP contribution in [0.25, 0.3) is 0 Å². The van der Waals surface area contributed by atoms with Crippen LogP contribution in [0.4, 0.5) is 4.79 Å². The van der Waals surface area contributed by atoms with Crippen molar-refractivity contribution in [3.63, 3.8) is 0 Å². The summed E-state index contributed by atoms with van der Waals surface area (Å²) in [6.45, 7) is 2.21. The van der Waals surface area contributed by atoms with Gasteiger partial charge in [0, 0.05) is 19.1 Å². The zero-order valence-corrected chi connectivity index (χ0v) is 12.5. The van der Waals surface area contributed by atoms with E-state index >= 15 is 0 Å². The number of nitrogens with one attached hydrogen (secondary N) is 2. The van der Waals surface area contributed by atoms with Crippen molar-refractivity contribution in [1.82, 2.24) is 15.5 Å². The van der Waals surface area contributed by atoms with Crippen LogP contribution in [0.3, 0.4) is 0 Å². The van der Waals surface area contributed by atoms with E-state index in [4.69, 9.17) is 4.74 Å². The largest absolute Gasteiger partial charge is 0.378 e. The van der Waals surface area contributed by atoms with E-state index in [1.807, 2.05) is 30.3 Å². The lowest BCUT2D eigenvalue weighted by Crippen LogP contribution is -2.49. The number of rotatable bonds is 4. The zero-order valence-electron chi connectivity index (χ0n) is 12.5. The van der Waals surface area contributed by atoms with Gasteiger partial charge in [-0.2, -0.15) is 0 Å². The Balaban J connectivity index is 1.72. The van der Waals surface area contributed by atoms with E-state index in [0.717, 1.165) is 18.4 Å². The molecule has 2 N–H and O–H groups in total. The van der Waals surface area contributed by atoms with Gasteiger partial charge in [-0.15, -0.1) is 0 Å². The topological polar surface area (TPSA) is 70.7 Å². The first-order valence-corrected chi connectivity index (χ1v) is 7.72. The normalized spacial score (nSPS) is 19.4. The van der Waals surface area contributed by atoms with Gasteiger partial charge in [0.05, 0.1) is 13.2 Å². The highest BCUT2D eigenvalue weighted by atomic mass is 16.5. The van der Waals surface area contributed by atoms with Crippen LogP contribution >= 0.6 is 0 Å². The van der Waals surface area contributed by atoms with Crippen molar-refractivity contribution >= 4 is 11.9 Å². The second-order valence-electron chi connectivity index (χ2n) is 5.67. The lowest BCUT2D eigenvalue weighted by molar-refractivity contribution is -0.137. The molecule has 2 fully saturated rings. The van der Waals surface area contributed by atoms with Gasteiger partial charge in [-0.3, -0.25) is 4.79 Å². The van der Waals surface area contributed by atoms with Crippen LogP contribution in [0, 0.1) is 0 Å². The Bertz CT molecular complexity index is 525. The fraction of sp³-hybridized carbons (Fsp3) is 0.500. The predicted octanol–water partition coefficient (Wildman–Crippen LogP) is 1.05. The lowest BCUT2D eigenvalue weighted by Gasteiger charge is -2.31. The average Bonchev–Trinajstić information content (AvgIpc) is 3.37. The number of hydrogen-bond donors (Lipinski definition) is 2. The molecule has 0 aromatic heterocycles. The molecular weight excluding hydrogens is 282 g/mol. The molecule has 1 aliphatic carbocycles. The number of benzene rings is 1. The summed E-state index contributed by atoms with van der Waals surface area (Å²) in [5, 5.41) is 5.69. The van der Waals surface area contributed by atoms with Gasteiger partial charge >= 0.3 is 6.03 Å². The van der Waals surface area contributed by atoms with Gasteiger partial charge < -0.3 is 20.3 Å². The van der Waals surface area contributed by atoms with Crippen LogP contribution < -0.4 is 10.6 Å². The van der Waals surface area contributed by atoms with Gasteiger partial charge in [-0.25, -0.2) is 4.79 Å². The molecule has 1 aromatic rings. The minimum absolute atomic E-state index is 0.0829. The van der Waals surface area contributed by atoms with Crippen LogP contribution in [0.5, 0.6) is 0 Å². The first kappa shape index (κ1) is 14.8. The lowest BCUT2D eigenvalue weighted by atomic mass is 10.1. The molecule has 0 unspecified atom stereocenters. The fourth-order valence-electron chi connectivity index (χ4n) is 2.49. The average molecular weight is 303 g/mol. The molecule has 1 saturated heterocycles. The Labute approximate surface area is 129 Å². The van der Waals surface area contributed by atoms with Gasteiger partial charge in [0.2, 0.25) is 5.91 Å². The van der Waals surface area contributed by atoms with E-state index in [0.29, 0.717) is 26.3 Å². The van der Waals surface area contributed by atoms with E-state index in [1.165, 1.54) is 0 Å². The van der Waals surface area contributed by atoms with Crippen LogP contribution in [0.1, 0.15) is 24.4 Å². The Morgan fingerprint density at radius 3 is 2.45 bits per heavy atom. The van der Waals surface area contributed by atoms with Gasteiger partial charge in [0.25, 0.3) is 0 Å². The highest BCUT2D eigenvalue weighted by molar-refractivity contribution is 5.88. The summed E-state index contributed by atoms with van der Waals surface area (Å²) >= 11 is 0. The highest BCUT2D eigenvalue weighted by Crippen LogP contribution is 2.20. The Hall–Kier alpha value is -2.08. The number of nitrogens with zero attached hydrogens (tertiary/aromatic N) is 1. The van der Waals surface area contributed by atoms with E-state index in [1.54, 1.807) is 4.90 Å². The molecule has 1 aliphatic heterocycles. The van der Waals surface area contributed by atoms with Crippen molar-refractivity contribution in [1.29, 1.82) is 0 Å². The number of morpholine rings is 1. The molecule has 22 heavy (non-hydrogen) atoms. The van der Waals surface area contributed by atoms with Gasteiger partial charge in [0.15, 0.2) is 0 Å². The molecule has 3 rings (SSSR count). The predicted molar refractivity (Wildman–Crippen MR) is 81.3 cm³/mol. The first-order valence-electron chi connectivity index (χ1n) is 7.72. The minimum Gasteiger partial charge on any atom is -0.378 e. The van der Waals surface area contributed by atoms with E-state index in [-0.39, 0.29) is 18.0 Å². The number of carbonyl (C=O) groups is 2. The smallest absolute Gasteiger partial charge is 0.315 e. The summed E-state index contributed by atoms with van der Waals surface area (Å²) < 4.78 is 5.28. The summed E-state index contributed by atoms with van der Waals surface area (Å²) in [6.07, 6.45) is 2.03. The quantitative estimate of drug-likeness (QED) is 0.873. The minimum atomic E-state index is -0.655. The Morgan fingerprint density at radius 1 is 1.14 bits per heavy atom. The molecule has 6 nitrogen and oxygen atoms in total. The molecule has 0 spiro atoms. The van der Waals surface area contributed by atoms with E-state index < -0.39 is 6.04 Å². The van der Waals surface area contributed by atoms with Crippen molar-refractivity contribution < 1.29 is 14.3 Å². The SMILES string of the molecule is O=C(NC1CC1)N[C@H](C(=O)N1CCOCC1)c1ccccc1. The number of hydrogen-bond acceptors (Lipinski definition) is 3. The van der Waals surface area contributed by atoms with Crippen molar-refractivity contribution in [3.8, 4) is 0 Å². The standard InChI is InChI=1S/C16H21N3O3/c20-15(19-8-10-22-11-9-19)14(12-4-2-1-3-5-12)18-16(21)17-13-6-7-13/h1-5,13-14H,6-11H2,(H2,17,18,21)/t14-/m0/s1. The molecule has 1 heterocycles. The maximum atomic E-state index is 12.8. The molecule has 6 heteroatoms. The summed E-state index contributed by atoms with van der Waals surface area (Å²) in [6, 6.07) is 8.68. The van der Waals surface area contributed by atoms with Crippen LogP contribution in [-0.2, 0) is 9.53 Å². The van der Waals surface area contributed by atoms with Crippen LogP contribution in [0.15, 0.2) is 30.3 Å². The van der Waals surface area contributed by atoms with Gasteiger partial charge in [0.1, 0.15) is 6.04 Å². The Morgan fingerprint density at radius 2 is 1.82 bits per heavy atom. The third-order valence-corrected chi connectivity index (χ3v) is 3.89. The number of amides is 3. The molecule has 0 bridgehead atoms. The second kappa shape index (κ2) is 6.79. The van der Waals surface area contributed by atoms with Crippen molar-refractivity contribution in [2.75, 3.05) is 26.3 Å². The molecule has 1 atom stereocenters. The third-order valence-electron chi connectivity index (χ3n) is 3.89. The number of urea groups is 1. The van der Waals surface area contributed by atoms with E-state index in [9.17, 15) is 9.59 Å². The van der Waals surface area contributed by atoms with Gasteiger partial charge in [-0.1, -0.05) is 30.3 Å². The maximum Gasteiger partial charge on any atom is 0.315 e. The van der Waals surface area contributed by atoms with Crippen molar-refractivity contribution in [3.05, 3.63) is 35.9 Å². The van der Waals surface area contributed by atoms with Crippen molar-refractivity contribution in [2.45, 2.75) is 24.9 Å². The monoisotopic (exact) mass is 303 g/mol. The molecule has 1 saturated carbocycles. The zero-order chi connectivity index (χ0) is 15.4. The summed E-state index contributed by atoms with van der Waals surface area (Å²) in [7, 11) is 0. The first-order chi connectivity index (χ1) is 10.7. The summed E-state index contributed by atoms with van der Waals surface area (Å²) in [4.78, 5) is 26.6. The van der Waals surface area contributed by atoms with Crippen LogP contribution in [-0.4, -0.2) is 49.2 Å². The molecular formula is C16H21N3O3. The van der Waals surface area contributed by atoms with Gasteiger partial charge in [-0.05, 0) is 18.4 Å². The van der Waals surface area contributed by atoms with Crippen LogP contribution in [0.2, 0.25) is 0 Å². The number of carbonyl (C=O) groups excluding carboxylic acids is 2. The Kier molecular flexibility index (Phi) is 4.58. The fourth-order valence-corrected chi connectivity index (χ4v) is 2.49. The summed E-state index contributed by atoms with van der Waals surface area (Å²) in [5.74, 6) is -0.0829. The molecule has 1 aromatic carbocycles. The van der Waals surface area contributed by atoms with Crippen molar-refractivity contribution in [2.24, 2.45) is 0 Å². The molecule has 2 aliphatic rings. The highest BCUT2D eigenvalue weighted by Gasteiger charge is 2.30. The molecule has 118 valence electrons. The molecule has 0 radical (unpaired) electrons. The third kappa shape index (κ3) is 3.76. The second-order valence-corrected chi connectivity index (χ2v) is 5.67. The molecule has 3 amide bonds. The maximum absolute atomic E-state index is 12.8. The summed E-state index contributed by atoms with van der Waals surface area (Å²) in [5.41, 5.74) is 0.796. The number of ether oxygens (including phenoxy) is 1.